The number of likely N-dealkylation sites (tertiary alicyclic amines) is 1. The van der Waals surface area contributed by atoms with Gasteiger partial charge in [0.25, 0.3) is 0 Å². The van der Waals surface area contributed by atoms with Crippen molar-refractivity contribution in [3.63, 3.8) is 0 Å². The Kier molecular flexibility index (Phi) is 8.37. The summed E-state index contributed by atoms with van der Waals surface area (Å²) in [6.45, 7) is 11.7. The van der Waals surface area contributed by atoms with Gasteiger partial charge in [-0.1, -0.05) is 34.6 Å². The van der Waals surface area contributed by atoms with E-state index in [1.807, 2.05) is 34.6 Å². The number of amides is 3. The molecule has 7 heteroatoms. The Balaban J connectivity index is 2.58. The highest BCUT2D eigenvalue weighted by Crippen LogP contribution is 2.22. The van der Waals surface area contributed by atoms with Crippen LogP contribution in [0.1, 0.15) is 60.3 Å². The van der Waals surface area contributed by atoms with Gasteiger partial charge in [0.2, 0.25) is 5.91 Å². The third-order valence-corrected chi connectivity index (χ3v) is 4.54. The Morgan fingerprint density at radius 1 is 1.23 bits per heavy atom. The van der Waals surface area contributed by atoms with E-state index >= 15 is 0 Å². The van der Waals surface area contributed by atoms with Crippen molar-refractivity contribution in [3.8, 4) is 0 Å². The molecule has 0 saturated carbocycles. The highest BCUT2D eigenvalue weighted by Gasteiger charge is 2.31. The van der Waals surface area contributed by atoms with Crippen molar-refractivity contribution >= 4 is 17.9 Å². The molecule has 1 fully saturated rings. The van der Waals surface area contributed by atoms with Crippen LogP contribution in [0.2, 0.25) is 0 Å². The molecule has 0 aromatic carbocycles. The number of nitrogens with zero attached hydrogens (tertiary/aromatic N) is 1. The SMILES string of the molecule is CC(C)CNC(=O)N1CCCC(C(=O)NC(CCC(C)(C)C)C(=O)O)C1. The Morgan fingerprint density at radius 3 is 2.42 bits per heavy atom. The van der Waals surface area contributed by atoms with Gasteiger partial charge >= 0.3 is 12.0 Å². The molecule has 0 aromatic rings. The number of nitrogens with one attached hydrogen (secondary N) is 2. The van der Waals surface area contributed by atoms with Crippen molar-refractivity contribution in [3.05, 3.63) is 0 Å². The first-order chi connectivity index (χ1) is 12.0. The monoisotopic (exact) mass is 369 g/mol. The summed E-state index contributed by atoms with van der Waals surface area (Å²) in [5, 5.41) is 14.9. The lowest BCUT2D eigenvalue weighted by atomic mass is 9.88. The van der Waals surface area contributed by atoms with Gasteiger partial charge < -0.3 is 20.6 Å². The van der Waals surface area contributed by atoms with Crippen LogP contribution >= 0.6 is 0 Å². The van der Waals surface area contributed by atoms with Crippen molar-refractivity contribution in [2.75, 3.05) is 19.6 Å². The molecule has 1 heterocycles. The largest absolute Gasteiger partial charge is 0.480 e. The minimum Gasteiger partial charge on any atom is -0.480 e. The normalized spacial score (nSPS) is 19.2. The fourth-order valence-corrected chi connectivity index (χ4v) is 2.90. The first kappa shape index (κ1) is 22.3. The number of carboxylic acids is 1. The number of carboxylic acid groups (broad SMARTS) is 1. The fraction of sp³-hybridized carbons (Fsp3) is 0.842. The standard InChI is InChI=1S/C19H35N3O4/c1-13(2)11-20-18(26)22-10-6-7-14(12-22)16(23)21-15(17(24)25)8-9-19(3,4)5/h13-15H,6-12H2,1-5H3,(H,20,26)(H,21,23)(H,24,25). The van der Waals surface area contributed by atoms with E-state index in [1.165, 1.54) is 0 Å². The fourth-order valence-electron chi connectivity index (χ4n) is 2.90. The molecule has 0 radical (unpaired) electrons. The molecule has 1 aliphatic rings. The summed E-state index contributed by atoms with van der Waals surface area (Å²) in [4.78, 5) is 37.9. The molecule has 7 nitrogen and oxygen atoms in total. The maximum absolute atomic E-state index is 12.5. The lowest BCUT2D eigenvalue weighted by Crippen LogP contribution is -2.51. The Hall–Kier alpha value is -1.79. The van der Waals surface area contributed by atoms with Gasteiger partial charge in [0.15, 0.2) is 0 Å². The van der Waals surface area contributed by atoms with E-state index in [0.29, 0.717) is 44.8 Å². The molecule has 0 spiro atoms. The average molecular weight is 370 g/mol. The highest BCUT2D eigenvalue weighted by molar-refractivity contribution is 5.85. The maximum Gasteiger partial charge on any atom is 0.326 e. The number of carbonyl (C=O) groups is 3. The molecule has 2 atom stereocenters. The summed E-state index contributed by atoms with van der Waals surface area (Å²) in [6.07, 6.45) is 2.52. The lowest BCUT2D eigenvalue weighted by Gasteiger charge is -2.33. The molecule has 0 aliphatic carbocycles. The third kappa shape index (κ3) is 8.06. The summed E-state index contributed by atoms with van der Waals surface area (Å²) in [6, 6.07) is -1.04. The second-order valence-electron chi connectivity index (χ2n) is 8.86. The van der Waals surface area contributed by atoms with E-state index < -0.39 is 12.0 Å². The van der Waals surface area contributed by atoms with Gasteiger partial charge in [0.1, 0.15) is 6.04 Å². The third-order valence-electron chi connectivity index (χ3n) is 4.54. The van der Waals surface area contributed by atoms with Crippen LogP contribution in [-0.2, 0) is 9.59 Å². The number of carbonyl (C=O) groups excluding carboxylic acids is 2. The number of piperidine rings is 1. The zero-order valence-corrected chi connectivity index (χ0v) is 16.8. The number of hydrogen-bond acceptors (Lipinski definition) is 3. The number of urea groups is 1. The topological polar surface area (TPSA) is 98.7 Å². The summed E-state index contributed by atoms with van der Waals surface area (Å²) in [7, 11) is 0. The van der Waals surface area contributed by atoms with E-state index in [9.17, 15) is 19.5 Å². The van der Waals surface area contributed by atoms with Crippen molar-refractivity contribution in [1.29, 1.82) is 0 Å². The van der Waals surface area contributed by atoms with Crippen molar-refractivity contribution in [1.82, 2.24) is 15.5 Å². The van der Waals surface area contributed by atoms with Crippen molar-refractivity contribution in [2.45, 2.75) is 66.3 Å². The molecular formula is C19H35N3O4. The van der Waals surface area contributed by atoms with Gasteiger partial charge in [-0.15, -0.1) is 0 Å². The van der Waals surface area contributed by atoms with E-state index in [2.05, 4.69) is 10.6 Å². The second-order valence-corrected chi connectivity index (χ2v) is 8.86. The minimum atomic E-state index is -1.01. The molecular weight excluding hydrogens is 334 g/mol. The average Bonchev–Trinajstić information content (AvgIpc) is 2.55. The molecule has 150 valence electrons. The van der Waals surface area contributed by atoms with Crippen LogP contribution in [-0.4, -0.2) is 53.6 Å². The van der Waals surface area contributed by atoms with Gasteiger partial charge in [-0.05, 0) is 37.0 Å². The van der Waals surface area contributed by atoms with E-state index in [0.717, 1.165) is 6.42 Å². The smallest absolute Gasteiger partial charge is 0.326 e. The Bertz CT molecular complexity index is 500. The van der Waals surface area contributed by atoms with Crippen LogP contribution in [0.4, 0.5) is 4.79 Å². The molecule has 3 N–H and O–H groups in total. The van der Waals surface area contributed by atoms with Gasteiger partial charge in [-0.3, -0.25) is 4.79 Å². The highest BCUT2D eigenvalue weighted by atomic mass is 16.4. The molecule has 1 saturated heterocycles. The lowest BCUT2D eigenvalue weighted by molar-refractivity contribution is -0.143. The molecule has 3 amide bonds. The van der Waals surface area contributed by atoms with E-state index in [1.54, 1.807) is 4.90 Å². The molecule has 0 bridgehead atoms. The van der Waals surface area contributed by atoms with Crippen LogP contribution < -0.4 is 10.6 Å². The maximum atomic E-state index is 12.5. The van der Waals surface area contributed by atoms with E-state index in [4.69, 9.17) is 0 Å². The predicted octanol–water partition coefficient (Wildman–Crippen LogP) is 2.46. The van der Waals surface area contributed by atoms with Gasteiger partial charge in [0, 0.05) is 19.6 Å². The van der Waals surface area contributed by atoms with Crippen LogP contribution in [0.3, 0.4) is 0 Å². The summed E-state index contributed by atoms with van der Waals surface area (Å²) < 4.78 is 0. The summed E-state index contributed by atoms with van der Waals surface area (Å²) in [5.74, 6) is -1.27. The molecule has 1 rings (SSSR count). The van der Waals surface area contributed by atoms with Crippen LogP contribution in [0.5, 0.6) is 0 Å². The summed E-state index contributed by atoms with van der Waals surface area (Å²) >= 11 is 0. The number of aliphatic carboxylic acids is 1. The van der Waals surface area contributed by atoms with Crippen LogP contribution in [0.25, 0.3) is 0 Å². The van der Waals surface area contributed by atoms with Crippen molar-refractivity contribution < 1.29 is 19.5 Å². The minimum absolute atomic E-state index is 0.00850. The first-order valence-electron chi connectivity index (χ1n) is 9.55. The zero-order valence-electron chi connectivity index (χ0n) is 16.8. The van der Waals surface area contributed by atoms with Gasteiger partial charge in [-0.25, -0.2) is 9.59 Å². The molecule has 1 aliphatic heterocycles. The first-order valence-corrected chi connectivity index (χ1v) is 9.55. The van der Waals surface area contributed by atoms with Gasteiger partial charge in [-0.2, -0.15) is 0 Å². The molecule has 0 aromatic heterocycles. The Morgan fingerprint density at radius 2 is 1.88 bits per heavy atom. The predicted molar refractivity (Wildman–Crippen MR) is 101 cm³/mol. The molecule has 2 unspecified atom stereocenters. The number of rotatable bonds is 7. The number of hydrogen-bond donors (Lipinski definition) is 3. The van der Waals surface area contributed by atoms with Crippen LogP contribution in [0, 0.1) is 17.3 Å². The van der Waals surface area contributed by atoms with E-state index in [-0.39, 0.29) is 23.3 Å². The second kappa shape index (κ2) is 9.78. The zero-order chi connectivity index (χ0) is 19.9. The van der Waals surface area contributed by atoms with Crippen molar-refractivity contribution in [2.24, 2.45) is 17.3 Å². The van der Waals surface area contributed by atoms with Gasteiger partial charge in [0.05, 0.1) is 5.92 Å². The molecule has 26 heavy (non-hydrogen) atoms. The van der Waals surface area contributed by atoms with Crippen LogP contribution in [0.15, 0.2) is 0 Å². The summed E-state index contributed by atoms with van der Waals surface area (Å²) in [5.41, 5.74) is 0.00850. The Labute approximate surface area is 156 Å². The quantitative estimate of drug-likeness (QED) is 0.642.